The molecule has 1 aromatic rings. The highest BCUT2D eigenvalue weighted by atomic mass is 79.9. The summed E-state index contributed by atoms with van der Waals surface area (Å²) in [5, 5.41) is 13.9. The van der Waals surface area contributed by atoms with E-state index in [1.54, 1.807) is 0 Å². The zero-order chi connectivity index (χ0) is 15.6. The van der Waals surface area contributed by atoms with E-state index in [1.807, 2.05) is 0 Å². The van der Waals surface area contributed by atoms with E-state index in [0.29, 0.717) is 9.48 Å². The molecule has 0 aromatic heterocycles. The molecule has 0 aliphatic carbocycles. The second-order valence-electron chi connectivity index (χ2n) is 4.17. The van der Waals surface area contributed by atoms with Crippen LogP contribution in [-0.2, 0) is 10.0 Å². The minimum absolute atomic E-state index is 0.0262. The number of nitro groups is 1. The van der Waals surface area contributed by atoms with E-state index >= 15 is 0 Å². The number of sulfonamides is 1. The highest BCUT2D eigenvalue weighted by Gasteiger charge is 2.36. The molecule has 1 aromatic carbocycles. The molecule has 10 nitrogen and oxygen atoms in total. The third-order valence-corrected chi connectivity index (χ3v) is 5.07. The van der Waals surface area contributed by atoms with E-state index < -0.39 is 21.7 Å². The molecule has 1 fully saturated rings. The first-order valence-electron chi connectivity index (χ1n) is 5.58. The van der Waals surface area contributed by atoms with Crippen LogP contribution in [0, 0.1) is 15.0 Å². The van der Waals surface area contributed by atoms with Crippen LogP contribution in [0.5, 0.6) is 0 Å². The van der Waals surface area contributed by atoms with Crippen LogP contribution in [0.25, 0.3) is 0 Å². The molecule has 0 unspecified atom stereocenters. The molecular weight excluding hydrogens is 370 g/mol. The SMILES string of the molecule is O=NN1CN([N+](=O)[O-])CN(S(=O)(=O)c2ccc(Br)cc2)C1. The molecule has 1 aliphatic rings. The maximum Gasteiger partial charge on any atom is 0.246 e. The average Bonchev–Trinajstić information content (AvgIpc) is 2.47. The Bertz CT molecular complexity index is 651. The molecule has 0 N–H and O–H groups in total. The largest absolute Gasteiger partial charge is 0.246 e. The molecule has 21 heavy (non-hydrogen) atoms. The van der Waals surface area contributed by atoms with Crippen LogP contribution in [0.1, 0.15) is 0 Å². The molecule has 114 valence electrons. The van der Waals surface area contributed by atoms with Crippen LogP contribution >= 0.6 is 15.9 Å². The Hall–Kier alpha value is -1.79. The van der Waals surface area contributed by atoms with Crippen molar-refractivity contribution < 1.29 is 13.5 Å². The monoisotopic (exact) mass is 379 g/mol. The van der Waals surface area contributed by atoms with Gasteiger partial charge >= 0.3 is 0 Å². The minimum atomic E-state index is -3.96. The Morgan fingerprint density at radius 3 is 2.33 bits per heavy atom. The molecule has 0 bridgehead atoms. The molecule has 0 radical (unpaired) electrons. The first-order chi connectivity index (χ1) is 9.84. The van der Waals surface area contributed by atoms with Crippen molar-refractivity contribution in [3.05, 3.63) is 43.8 Å². The van der Waals surface area contributed by atoms with Crippen molar-refractivity contribution >= 4 is 26.0 Å². The van der Waals surface area contributed by atoms with Gasteiger partial charge in [-0.05, 0) is 24.3 Å². The lowest BCUT2D eigenvalue weighted by atomic mass is 10.4. The molecular formula is C9H10BrN5O5S. The second kappa shape index (κ2) is 5.91. The van der Waals surface area contributed by atoms with Crippen LogP contribution in [-0.4, -0.2) is 47.8 Å². The minimum Gasteiger partial charge on any atom is -0.235 e. The number of rotatable bonds is 4. The maximum absolute atomic E-state index is 12.4. The Morgan fingerprint density at radius 1 is 1.19 bits per heavy atom. The van der Waals surface area contributed by atoms with Gasteiger partial charge in [0.2, 0.25) is 10.0 Å². The van der Waals surface area contributed by atoms with Gasteiger partial charge in [0.15, 0.2) is 11.7 Å². The number of nitroso groups, excluding NO2 is 1. The van der Waals surface area contributed by atoms with Crippen molar-refractivity contribution in [2.24, 2.45) is 5.29 Å². The number of halogens is 1. The summed E-state index contributed by atoms with van der Waals surface area (Å²) in [6.07, 6.45) is 0. The quantitative estimate of drug-likeness (QED) is 0.431. The topological polar surface area (TPSA) is 116 Å². The van der Waals surface area contributed by atoms with Crippen molar-refractivity contribution in [3.63, 3.8) is 0 Å². The van der Waals surface area contributed by atoms with E-state index in [0.717, 1.165) is 9.31 Å². The van der Waals surface area contributed by atoms with Crippen molar-refractivity contribution in [2.75, 3.05) is 20.0 Å². The Morgan fingerprint density at radius 2 is 1.81 bits per heavy atom. The highest BCUT2D eigenvalue weighted by Crippen LogP contribution is 2.21. The zero-order valence-electron chi connectivity index (χ0n) is 10.5. The molecule has 1 saturated heterocycles. The molecule has 0 amide bonds. The first-order valence-corrected chi connectivity index (χ1v) is 7.81. The number of nitrogens with zero attached hydrogens (tertiary/aromatic N) is 5. The van der Waals surface area contributed by atoms with Crippen molar-refractivity contribution in [3.8, 4) is 0 Å². The smallest absolute Gasteiger partial charge is 0.235 e. The fraction of sp³-hybridized carbons (Fsp3) is 0.333. The Kier molecular flexibility index (Phi) is 4.39. The van der Waals surface area contributed by atoms with Gasteiger partial charge in [-0.3, -0.25) is 0 Å². The second-order valence-corrected chi connectivity index (χ2v) is 7.02. The molecule has 0 saturated carbocycles. The van der Waals surface area contributed by atoms with Gasteiger partial charge in [0.05, 0.1) is 10.2 Å². The van der Waals surface area contributed by atoms with Crippen LogP contribution in [0.3, 0.4) is 0 Å². The summed E-state index contributed by atoms with van der Waals surface area (Å²) in [4.78, 5) is 21.4. The van der Waals surface area contributed by atoms with Crippen LogP contribution in [0.2, 0.25) is 0 Å². The predicted molar refractivity (Wildman–Crippen MR) is 74.2 cm³/mol. The van der Waals surface area contributed by atoms with E-state index in [1.165, 1.54) is 24.3 Å². The predicted octanol–water partition coefficient (Wildman–Crippen LogP) is 0.803. The van der Waals surface area contributed by atoms with Crippen LogP contribution in [0.4, 0.5) is 0 Å². The highest BCUT2D eigenvalue weighted by molar-refractivity contribution is 9.10. The van der Waals surface area contributed by atoms with Gasteiger partial charge in [0.1, 0.15) is 13.3 Å². The molecule has 12 heteroatoms. The fourth-order valence-electron chi connectivity index (χ4n) is 1.75. The van der Waals surface area contributed by atoms with Crippen molar-refractivity contribution in [2.45, 2.75) is 4.90 Å². The summed E-state index contributed by atoms with van der Waals surface area (Å²) in [5.74, 6) is 0. The van der Waals surface area contributed by atoms with Gasteiger partial charge in [0, 0.05) is 4.47 Å². The van der Waals surface area contributed by atoms with Crippen molar-refractivity contribution in [1.82, 2.24) is 14.3 Å². The van der Waals surface area contributed by atoms with E-state index in [2.05, 4.69) is 21.2 Å². The summed E-state index contributed by atoms with van der Waals surface area (Å²) < 4.78 is 26.3. The van der Waals surface area contributed by atoms with Gasteiger partial charge in [-0.25, -0.2) is 23.5 Å². The Labute approximate surface area is 128 Å². The standard InChI is InChI=1S/C9H10BrN5O5S/c10-8-1-3-9(4-2-8)21(19,20)14-6-12(11-16)5-13(7-14)15(17)18/h1-4H,5-7H2. The molecule has 1 heterocycles. The summed E-state index contributed by atoms with van der Waals surface area (Å²) >= 11 is 3.19. The lowest BCUT2D eigenvalue weighted by Crippen LogP contribution is -2.56. The van der Waals surface area contributed by atoms with E-state index in [9.17, 15) is 23.4 Å². The lowest BCUT2D eigenvalue weighted by molar-refractivity contribution is -0.667. The van der Waals surface area contributed by atoms with E-state index in [-0.39, 0.29) is 18.2 Å². The zero-order valence-corrected chi connectivity index (χ0v) is 12.9. The molecule has 0 atom stereocenters. The van der Waals surface area contributed by atoms with Gasteiger partial charge < -0.3 is 0 Å². The number of hydrogen-bond donors (Lipinski definition) is 0. The summed E-state index contributed by atoms with van der Waals surface area (Å²) in [6, 6.07) is 5.81. The molecule has 1 aliphatic heterocycles. The Balaban J connectivity index is 2.31. The fourth-order valence-corrected chi connectivity index (χ4v) is 3.36. The number of benzene rings is 1. The summed E-state index contributed by atoms with van der Waals surface area (Å²) in [6.45, 7) is -1.17. The summed E-state index contributed by atoms with van der Waals surface area (Å²) in [7, 11) is -3.96. The maximum atomic E-state index is 12.4. The van der Waals surface area contributed by atoms with Gasteiger partial charge in [0.25, 0.3) is 0 Å². The van der Waals surface area contributed by atoms with Gasteiger partial charge in [-0.1, -0.05) is 20.9 Å². The van der Waals surface area contributed by atoms with Crippen LogP contribution < -0.4 is 0 Å². The molecule has 0 spiro atoms. The van der Waals surface area contributed by atoms with Crippen molar-refractivity contribution in [1.29, 1.82) is 0 Å². The molecule has 2 rings (SSSR count). The van der Waals surface area contributed by atoms with Gasteiger partial charge in [-0.2, -0.15) is 4.31 Å². The number of hydrazine groups is 1. The van der Waals surface area contributed by atoms with Crippen LogP contribution in [0.15, 0.2) is 38.9 Å². The van der Waals surface area contributed by atoms with E-state index in [4.69, 9.17) is 0 Å². The number of hydrogen-bond acceptors (Lipinski definition) is 6. The average molecular weight is 380 g/mol. The van der Waals surface area contributed by atoms with Gasteiger partial charge in [-0.15, -0.1) is 4.91 Å². The third kappa shape index (κ3) is 3.28. The first kappa shape index (κ1) is 15.6. The lowest BCUT2D eigenvalue weighted by Gasteiger charge is -2.33. The normalized spacial score (nSPS) is 16.8. The third-order valence-electron chi connectivity index (χ3n) is 2.77. The summed E-state index contributed by atoms with van der Waals surface area (Å²) in [5.41, 5.74) is 0.